The summed E-state index contributed by atoms with van der Waals surface area (Å²) in [5, 5.41) is 11.9. The molecule has 0 saturated carbocycles. The molecule has 0 spiro atoms. The molecule has 0 radical (unpaired) electrons. The van der Waals surface area contributed by atoms with Crippen molar-refractivity contribution in [1.29, 1.82) is 0 Å². The zero-order valence-corrected chi connectivity index (χ0v) is 49.8. The molecule has 0 aliphatic rings. The van der Waals surface area contributed by atoms with Gasteiger partial charge in [-0.1, -0.05) is 203 Å². The van der Waals surface area contributed by atoms with Crippen LogP contribution in [0.5, 0.6) is 0 Å². The van der Waals surface area contributed by atoms with Gasteiger partial charge in [-0.2, -0.15) is 0 Å². The molecule has 0 amide bonds. The zero-order chi connectivity index (χ0) is 54.6. The van der Waals surface area contributed by atoms with E-state index < -0.39 is 0 Å². The zero-order valence-electron chi connectivity index (χ0n) is 49.0. The van der Waals surface area contributed by atoms with E-state index in [-0.39, 0.29) is 32.5 Å². The number of fused-ring (bicyclic) bond motifs is 15. The lowest BCUT2D eigenvalue weighted by Crippen LogP contribution is -2.16. The van der Waals surface area contributed by atoms with Gasteiger partial charge in [-0.3, -0.25) is 4.40 Å². The van der Waals surface area contributed by atoms with Crippen molar-refractivity contribution < 1.29 is 0 Å². The number of rotatable bonds is 3. The van der Waals surface area contributed by atoms with Gasteiger partial charge in [-0.05, 0) is 154 Å². The summed E-state index contributed by atoms with van der Waals surface area (Å²) < 4.78 is 6.58. The maximum Gasteiger partial charge on any atom is 0.109 e. The van der Waals surface area contributed by atoms with Crippen LogP contribution in [0.4, 0.5) is 0 Å². The highest BCUT2D eigenvalue weighted by Gasteiger charge is 2.30. The molecule has 0 saturated heterocycles. The average Bonchev–Trinajstić information content (AvgIpc) is 4.34. The van der Waals surface area contributed by atoms with E-state index in [1.165, 1.54) is 152 Å². The monoisotopic (exact) mass is 1020 g/mol. The van der Waals surface area contributed by atoms with Gasteiger partial charge in [0.25, 0.3) is 0 Å². The molecule has 5 aromatic heterocycles. The minimum absolute atomic E-state index is 0.0102. The second kappa shape index (κ2) is 16.0. The predicted molar refractivity (Wildman–Crippen MR) is 340 cm³/mol. The molecule has 0 atom stereocenters. The van der Waals surface area contributed by atoms with Gasteiger partial charge in [0.15, 0.2) is 0 Å². The van der Waals surface area contributed by atoms with Crippen molar-refractivity contribution in [2.75, 3.05) is 0 Å². The summed E-state index contributed by atoms with van der Waals surface area (Å²) in [4.78, 5) is 1.32. The van der Waals surface area contributed by atoms with E-state index in [4.69, 9.17) is 0 Å². The highest BCUT2D eigenvalue weighted by atomic mass is 32.1. The van der Waals surface area contributed by atoms with Gasteiger partial charge in [0.2, 0.25) is 0 Å². The third-order valence-electron chi connectivity index (χ3n) is 17.4. The number of aromatic nitrogens is 2. The average molecular weight is 1030 g/mol. The Morgan fingerprint density at radius 3 is 1.05 bits per heavy atom. The molecule has 5 heterocycles. The Morgan fingerprint density at radius 2 is 0.610 bits per heavy atom. The van der Waals surface area contributed by atoms with Crippen molar-refractivity contribution in [3.63, 3.8) is 0 Å². The number of hydrogen-bond donors (Lipinski definition) is 0. The smallest absolute Gasteiger partial charge is 0.109 e. The summed E-state index contributed by atoms with van der Waals surface area (Å²) in [5.41, 5.74) is 22.2. The van der Waals surface area contributed by atoms with Crippen LogP contribution < -0.4 is 0 Å². The van der Waals surface area contributed by atoms with Crippen molar-refractivity contribution in [3.05, 3.63) is 167 Å². The van der Waals surface area contributed by atoms with Crippen molar-refractivity contribution in [3.8, 4) is 33.4 Å². The number of benzene rings is 8. The van der Waals surface area contributed by atoms with Crippen LogP contribution in [0.1, 0.15) is 158 Å². The van der Waals surface area contributed by atoms with Crippen LogP contribution in [0.2, 0.25) is 0 Å². The van der Waals surface area contributed by atoms with Crippen molar-refractivity contribution >= 4 is 96.9 Å². The minimum Gasteiger partial charge on any atom is -0.308 e. The number of thiophene rings is 1. The molecule has 0 fully saturated rings. The topological polar surface area (TPSA) is 8.82 Å². The fraction of sp³-hybridized carbons (Fsp3) is 0.324. The van der Waals surface area contributed by atoms with E-state index in [0.717, 1.165) is 0 Å². The van der Waals surface area contributed by atoms with Gasteiger partial charge in [-0.25, -0.2) is 0 Å². The third-order valence-corrected chi connectivity index (χ3v) is 18.6. The molecular formula is C74H76N2S. The Kier molecular flexibility index (Phi) is 10.3. The summed E-state index contributed by atoms with van der Waals surface area (Å²) in [6.07, 6.45) is 0. The first kappa shape index (κ1) is 49.9. The molecule has 13 aromatic rings. The van der Waals surface area contributed by atoms with Gasteiger partial charge in [0.1, 0.15) is 4.83 Å². The Labute approximate surface area is 460 Å². The molecule has 13 rings (SSSR count). The van der Waals surface area contributed by atoms with Crippen LogP contribution in [0.15, 0.2) is 133 Å². The fourth-order valence-corrected chi connectivity index (χ4v) is 13.9. The molecule has 0 N–H and O–H groups in total. The SMILES string of the molecule is CC(C)(C)c1cc(-c2ccc3c(c2)c2cc(-c4cc(C(C)(C)C)cc(C(C)(C)C)c4)cc4c5c6c7cc(-c8cc(C(C)(C)C)cc(C(C)(C)C)c8)cc8c9c%10ccccc%10sc9n(c6ccc5n3c24)c78)cc(C(C)(C)C)c1. The van der Waals surface area contributed by atoms with Crippen LogP contribution in [-0.4, -0.2) is 8.80 Å². The Bertz CT molecular complexity index is 4500. The summed E-state index contributed by atoms with van der Waals surface area (Å²) in [5.74, 6) is 0. The van der Waals surface area contributed by atoms with Crippen LogP contribution in [0.3, 0.4) is 0 Å². The molecule has 0 aliphatic heterocycles. The highest BCUT2D eigenvalue weighted by molar-refractivity contribution is 7.25. The summed E-state index contributed by atoms with van der Waals surface area (Å²) >= 11 is 1.93. The molecule has 2 nitrogen and oxygen atoms in total. The Balaban J connectivity index is 1.19. The first-order valence-corrected chi connectivity index (χ1v) is 29.0. The van der Waals surface area contributed by atoms with Gasteiger partial charge in [0, 0.05) is 53.2 Å². The van der Waals surface area contributed by atoms with Crippen LogP contribution in [-0.2, 0) is 32.5 Å². The molecule has 3 heteroatoms. The maximum atomic E-state index is 2.63. The van der Waals surface area contributed by atoms with E-state index in [0.29, 0.717) is 0 Å². The molecule has 8 aromatic carbocycles. The minimum atomic E-state index is -0.0232. The lowest BCUT2D eigenvalue weighted by molar-refractivity contribution is 0.568. The van der Waals surface area contributed by atoms with E-state index in [1.807, 2.05) is 11.3 Å². The first-order valence-electron chi connectivity index (χ1n) is 28.2. The second-order valence-electron chi connectivity index (χ2n) is 29.3. The normalized spacial score (nSPS) is 13.8. The van der Waals surface area contributed by atoms with E-state index in [1.54, 1.807) is 0 Å². The highest BCUT2D eigenvalue weighted by Crippen LogP contribution is 2.52. The van der Waals surface area contributed by atoms with E-state index >= 15 is 0 Å². The Morgan fingerprint density at radius 1 is 0.273 bits per heavy atom. The van der Waals surface area contributed by atoms with Gasteiger partial charge < -0.3 is 4.40 Å². The van der Waals surface area contributed by atoms with Crippen LogP contribution in [0, 0.1) is 0 Å². The van der Waals surface area contributed by atoms with Gasteiger partial charge >= 0.3 is 0 Å². The van der Waals surface area contributed by atoms with Crippen LogP contribution in [0.25, 0.3) is 119 Å². The molecule has 388 valence electrons. The number of nitrogens with zero attached hydrogens (tertiary/aromatic N) is 2. The Hall–Kier alpha value is -6.68. The first-order chi connectivity index (χ1) is 35.9. The van der Waals surface area contributed by atoms with Crippen molar-refractivity contribution in [1.82, 2.24) is 8.80 Å². The van der Waals surface area contributed by atoms with Gasteiger partial charge in [0.05, 0.1) is 27.6 Å². The standard InChI is InChI=1S/C74H76N2S/c1-69(2,3)47-27-42(28-48(38-47)70(4,5)6)41-23-24-59-54(33-41)55-34-45(43-29-49(71(7,8)9)39-50(30-43)72(10,11)12)36-57-64-60(75(59)66(55)57)25-26-61-65(64)58-37-46(44-31-51(73(13,14)15)40-52(32-44)74(16,17)18)35-56-63-53-21-19-20-22-62(53)77-68(63)76(61)67(56)58/h19-40H,1-18H3. The molecular weight excluding hydrogens is 949 g/mol. The van der Waals surface area contributed by atoms with Crippen molar-refractivity contribution in [2.45, 2.75) is 157 Å². The quantitative estimate of drug-likeness (QED) is 0.167. The summed E-state index contributed by atoms with van der Waals surface area (Å²) in [6.45, 7) is 42.3. The van der Waals surface area contributed by atoms with E-state index in [2.05, 4.69) is 267 Å². The lowest BCUT2D eigenvalue weighted by Gasteiger charge is -2.26. The van der Waals surface area contributed by atoms with Crippen molar-refractivity contribution in [2.24, 2.45) is 0 Å². The predicted octanol–water partition coefficient (Wildman–Crippen LogP) is 22.0. The van der Waals surface area contributed by atoms with Crippen LogP contribution >= 0.6 is 11.3 Å². The third kappa shape index (κ3) is 7.67. The second-order valence-corrected chi connectivity index (χ2v) is 30.3. The summed E-state index contributed by atoms with van der Waals surface area (Å²) in [7, 11) is 0. The largest absolute Gasteiger partial charge is 0.308 e. The van der Waals surface area contributed by atoms with Gasteiger partial charge in [-0.15, -0.1) is 11.3 Å². The fourth-order valence-electron chi connectivity index (χ4n) is 12.6. The number of hydrogen-bond acceptors (Lipinski definition) is 1. The lowest BCUT2D eigenvalue weighted by atomic mass is 9.78. The molecule has 0 unspecified atom stereocenters. The molecule has 77 heavy (non-hydrogen) atoms. The molecule has 0 aliphatic carbocycles. The maximum absolute atomic E-state index is 2.63. The molecule has 0 bridgehead atoms. The van der Waals surface area contributed by atoms with E-state index in [9.17, 15) is 0 Å². The summed E-state index contributed by atoms with van der Waals surface area (Å²) in [6, 6.07) is 53.6.